The van der Waals surface area contributed by atoms with Crippen LogP contribution in [0.4, 0.5) is 5.69 Å². The number of rotatable bonds is 3. The molecule has 0 aliphatic carbocycles. The molecule has 142 valence electrons. The van der Waals surface area contributed by atoms with Crippen LogP contribution in [-0.2, 0) is 17.8 Å². The van der Waals surface area contributed by atoms with Crippen LogP contribution in [0.15, 0.2) is 30.3 Å². The van der Waals surface area contributed by atoms with Gasteiger partial charge in [-0.2, -0.15) is 0 Å². The van der Waals surface area contributed by atoms with Crippen molar-refractivity contribution >= 4 is 22.6 Å². The van der Waals surface area contributed by atoms with Gasteiger partial charge in [0.25, 0.3) is 0 Å². The summed E-state index contributed by atoms with van der Waals surface area (Å²) in [6, 6.07) is 10.5. The molecule has 3 aromatic rings. The summed E-state index contributed by atoms with van der Waals surface area (Å²) in [6.45, 7) is 7.72. The number of carboxylic acids is 1. The molecule has 1 aliphatic heterocycles. The number of aromatic nitrogens is 1. The standard InChI is InChI=1S/C24H24N2O2/c1-5-6-18-13-20-22(17-9-7-15(2)8-10-17)19(14-21(27)28)16(3)23-24(20)26(18)12-11-25(23)4/h7-10,13H,11-12,14H2,1-4H3,(H,27,28). The van der Waals surface area contributed by atoms with E-state index in [0.717, 1.165) is 57.6 Å². The van der Waals surface area contributed by atoms with Gasteiger partial charge in [0, 0.05) is 25.5 Å². The van der Waals surface area contributed by atoms with Crippen molar-refractivity contribution < 1.29 is 9.90 Å². The fraction of sp³-hybridized carbons (Fsp3) is 0.292. The van der Waals surface area contributed by atoms with Crippen LogP contribution >= 0.6 is 0 Å². The van der Waals surface area contributed by atoms with E-state index in [1.807, 2.05) is 6.92 Å². The first-order valence-corrected chi connectivity index (χ1v) is 9.53. The second-order valence-corrected chi connectivity index (χ2v) is 7.50. The van der Waals surface area contributed by atoms with Crippen molar-refractivity contribution in [3.8, 4) is 23.0 Å². The molecule has 0 bridgehead atoms. The van der Waals surface area contributed by atoms with E-state index >= 15 is 0 Å². The third kappa shape index (κ3) is 2.75. The smallest absolute Gasteiger partial charge is 0.307 e. The second-order valence-electron chi connectivity index (χ2n) is 7.50. The lowest BCUT2D eigenvalue weighted by atomic mass is 9.88. The summed E-state index contributed by atoms with van der Waals surface area (Å²) in [5, 5.41) is 10.7. The van der Waals surface area contributed by atoms with Crippen LogP contribution in [0.2, 0.25) is 0 Å². The highest BCUT2D eigenvalue weighted by Crippen LogP contribution is 2.44. The molecule has 0 radical (unpaired) electrons. The minimum absolute atomic E-state index is 0.00575. The van der Waals surface area contributed by atoms with E-state index in [-0.39, 0.29) is 6.42 Å². The van der Waals surface area contributed by atoms with Gasteiger partial charge in [-0.05, 0) is 55.0 Å². The van der Waals surface area contributed by atoms with Gasteiger partial charge < -0.3 is 14.6 Å². The molecule has 2 aromatic carbocycles. The van der Waals surface area contributed by atoms with E-state index < -0.39 is 5.97 Å². The molecule has 4 nitrogen and oxygen atoms in total. The van der Waals surface area contributed by atoms with Crippen molar-refractivity contribution in [1.29, 1.82) is 0 Å². The summed E-state index contributed by atoms with van der Waals surface area (Å²) >= 11 is 0. The van der Waals surface area contributed by atoms with Gasteiger partial charge in [0.2, 0.25) is 0 Å². The molecule has 1 aliphatic rings. The molecule has 0 amide bonds. The lowest BCUT2D eigenvalue weighted by Gasteiger charge is -2.31. The number of aryl methyl sites for hydroxylation is 1. The largest absolute Gasteiger partial charge is 0.481 e. The Morgan fingerprint density at radius 3 is 2.54 bits per heavy atom. The average molecular weight is 372 g/mol. The van der Waals surface area contributed by atoms with E-state index in [4.69, 9.17) is 0 Å². The molecule has 0 saturated heterocycles. The Bertz CT molecular complexity index is 1160. The highest BCUT2D eigenvalue weighted by Gasteiger charge is 2.27. The zero-order valence-electron chi connectivity index (χ0n) is 16.8. The first-order valence-electron chi connectivity index (χ1n) is 9.53. The number of likely N-dealkylation sites (N-methyl/N-ethyl adjacent to an activating group) is 1. The molecule has 0 unspecified atom stereocenters. The third-order valence-electron chi connectivity index (χ3n) is 5.66. The van der Waals surface area contributed by atoms with E-state index in [2.05, 4.69) is 72.5 Å². The van der Waals surface area contributed by atoms with Crippen LogP contribution in [0.25, 0.3) is 22.0 Å². The Labute approximate surface area is 165 Å². The van der Waals surface area contributed by atoms with Crippen molar-refractivity contribution in [2.24, 2.45) is 0 Å². The van der Waals surface area contributed by atoms with Gasteiger partial charge in [0.1, 0.15) is 0 Å². The Morgan fingerprint density at radius 2 is 1.89 bits per heavy atom. The average Bonchev–Trinajstić information content (AvgIpc) is 3.00. The number of carboxylic acid groups (broad SMARTS) is 1. The summed E-state index contributed by atoms with van der Waals surface area (Å²) in [7, 11) is 2.08. The second kappa shape index (κ2) is 6.76. The molecule has 2 heterocycles. The predicted octanol–water partition coefficient (Wildman–Crippen LogP) is 4.37. The highest BCUT2D eigenvalue weighted by molar-refractivity contribution is 6.07. The lowest BCUT2D eigenvalue weighted by Crippen LogP contribution is -2.29. The normalized spacial score (nSPS) is 12.8. The third-order valence-corrected chi connectivity index (χ3v) is 5.66. The van der Waals surface area contributed by atoms with Crippen molar-refractivity contribution in [3.05, 3.63) is 52.7 Å². The van der Waals surface area contributed by atoms with E-state index in [9.17, 15) is 9.90 Å². The zero-order chi connectivity index (χ0) is 20.0. The molecular weight excluding hydrogens is 348 g/mol. The maximum atomic E-state index is 11.7. The molecular formula is C24H24N2O2. The summed E-state index contributed by atoms with van der Waals surface area (Å²) in [6.07, 6.45) is 0.00575. The first-order chi connectivity index (χ1) is 13.4. The fourth-order valence-corrected chi connectivity index (χ4v) is 4.38. The maximum Gasteiger partial charge on any atom is 0.307 e. The SMILES string of the molecule is CC#Cc1cc2c(-c3ccc(C)cc3)c(CC(=O)O)c(C)c3c2n1CCN3C. The van der Waals surface area contributed by atoms with Crippen LogP contribution < -0.4 is 4.90 Å². The Balaban J connectivity index is 2.18. The number of nitrogens with zero attached hydrogens (tertiary/aromatic N) is 2. The quantitative estimate of drug-likeness (QED) is 0.694. The van der Waals surface area contributed by atoms with Gasteiger partial charge in [-0.3, -0.25) is 4.79 Å². The summed E-state index contributed by atoms with van der Waals surface area (Å²) in [5.74, 6) is 5.45. The Kier molecular flexibility index (Phi) is 4.39. The van der Waals surface area contributed by atoms with Crippen LogP contribution in [0, 0.1) is 25.7 Å². The minimum Gasteiger partial charge on any atom is -0.481 e. The molecule has 1 N–H and O–H groups in total. The summed E-state index contributed by atoms with van der Waals surface area (Å²) in [5.41, 5.74) is 8.47. The molecule has 0 saturated carbocycles. The molecule has 4 heteroatoms. The van der Waals surface area contributed by atoms with Crippen molar-refractivity contribution in [1.82, 2.24) is 4.57 Å². The van der Waals surface area contributed by atoms with Gasteiger partial charge >= 0.3 is 5.97 Å². The number of hydrogen-bond donors (Lipinski definition) is 1. The molecule has 0 fully saturated rings. The Morgan fingerprint density at radius 1 is 1.18 bits per heavy atom. The summed E-state index contributed by atoms with van der Waals surface area (Å²) < 4.78 is 2.29. The number of hydrogen-bond acceptors (Lipinski definition) is 2. The number of carbonyl (C=O) groups is 1. The molecule has 28 heavy (non-hydrogen) atoms. The molecule has 4 rings (SSSR count). The number of anilines is 1. The van der Waals surface area contributed by atoms with Crippen LogP contribution in [0.3, 0.4) is 0 Å². The monoisotopic (exact) mass is 372 g/mol. The van der Waals surface area contributed by atoms with Gasteiger partial charge in [-0.25, -0.2) is 0 Å². The van der Waals surface area contributed by atoms with Gasteiger partial charge in [-0.15, -0.1) is 0 Å². The number of benzene rings is 2. The van der Waals surface area contributed by atoms with Crippen LogP contribution in [0.1, 0.15) is 29.3 Å². The highest BCUT2D eigenvalue weighted by atomic mass is 16.4. The van der Waals surface area contributed by atoms with Gasteiger partial charge in [0.05, 0.1) is 23.3 Å². The Hall–Kier alpha value is -3.19. The van der Waals surface area contributed by atoms with Gasteiger partial charge in [-0.1, -0.05) is 35.7 Å². The maximum absolute atomic E-state index is 11.7. The first kappa shape index (κ1) is 18.2. The minimum atomic E-state index is -0.811. The zero-order valence-corrected chi connectivity index (χ0v) is 16.8. The van der Waals surface area contributed by atoms with E-state index in [1.165, 1.54) is 5.56 Å². The van der Waals surface area contributed by atoms with Crippen LogP contribution in [0.5, 0.6) is 0 Å². The molecule has 1 aromatic heterocycles. The van der Waals surface area contributed by atoms with E-state index in [1.54, 1.807) is 0 Å². The summed E-state index contributed by atoms with van der Waals surface area (Å²) in [4.78, 5) is 14.0. The van der Waals surface area contributed by atoms with Gasteiger partial charge in [0.15, 0.2) is 0 Å². The van der Waals surface area contributed by atoms with Crippen LogP contribution in [-0.4, -0.2) is 29.2 Å². The predicted molar refractivity (Wildman–Crippen MR) is 114 cm³/mol. The number of aliphatic carboxylic acids is 1. The van der Waals surface area contributed by atoms with Crippen molar-refractivity contribution in [2.75, 3.05) is 18.5 Å². The molecule has 0 atom stereocenters. The topological polar surface area (TPSA) is 45.5 Å². The fourth-order valence-electron chi connectivity index (χ4n) is 4.38. The lowest BCUT2D eigenvalue weighted by molar-refractivity contribution is -0.136. The van der Waals surface area contributed by atoms with Crippen molar-refractivity contribution in [3.63, 3.8) is 0 Å². The van der Waals surface area contributed by atoms with Crippen molar-refractivity contribution in [2.45, 2.75) is 33.7 Å². The molecule has 0 spiro atoms. The van der Waals surface area contributed by atoms with E-state index in [0.29, 0.717) is 0 Å².